The third kappa shape index (κ3) is 5.60. The van der Waals surface area contributed by atoms with E-state index < -0.39 is 29.8 Å². The van der Waals surface area contributed by atoms with Crippen LogP contribution in [0, 0.1) is 0 Å². The summed E-state index contributed by atoms with van der Waals surface area (Å²) in [6, 6.07) is 1.64. The molecule has 2 aliphatic rings. The molecule has 36 heavy (non-hydrogen) atoms. The van der Waals surface area contributed by atoms with Crippen LogP contribution in [0.1, 0.15) is 19.3 Å². The molecule has 5 heterocycles. The summed E-state index contributed by atoms with van der Waals surface area (Å²) in [5.41, 5.74) is 0.0202. The Morgan fingerprint density at radius 1 is 1.25 bits per heavy atom. The van der Waals surface area contributed by atoms with Crippen LogP contribution in [0.3, 0.4) is 0 Å². The van der Waals surface area contributed by atoms with Crippen LogP contribution < -0.4 is 16.1 Å². The van der Waals surface area contributed by atoms with Gasteiger partial charge in [-0.25, -0.2) is 23.1 Å². The normalized spacial score (nSPS) is 19.7. The first-order valence-corrected chi connectivity index (χ1v) is 11.5. The number of anilines is 1. The largest absolute Gasteiger partial charge is 0.483 e. The highest BCUT2D eigenvalue weighted by molar-refractivity contribution is 5.77. The molecule has 0 spiro atoms. The zero-order chi connectivity index (χ0) is 25.7. The van der Waals surface area contributed by atoms with E-state index in [0.717, 1.165) is 25.9 Å². The summed E-state index contributed by atoms with van der Waals surface area (Å²) in [5.74, 6) is -2.69. The van der Waals surface area contributed by atoms with Gasteiger partial charge in [0.05, 0.1) is 25.3 Å². The maximum absolute atomic E-state index is 14.8. The number of hydrogen-bond donors (Lipinski definition) is 3. The number of likely N-dealkylation sites (tertiary alicyclic amines) is 1. The van der Waals surface area contributed by atoms with Gasteiger partial charge in [-0.15, -0.1) is 0 Å². The highest BCUT2D eigenvalue weighted by Crippen LogP contribution is 2.35. The Bertz CT molecular complexity index is 1300. The van der Waals surface area contributed by atoms with Gasteiger partial charge in [-0.3, -0.25) is 14.6 Å². The Morgan fingerprint density at radius 3 is 2.72 bits per heavy atom. The average molecular weight is 507 g/mol. The third-order valence-corrected chi connectivity index (χ3v) is 6.25. The molecule has 1 unspecified atom stereocenters. The van der Waals surface area contributed by atoms with Crippen molar-refractivity contribution in [1.82, 2.24) is 29.5 Å². The van der Waals surface area contributed by atoms with E-state index in [2.05, 4.69) is 25.0 Å². The minimum atomic E-state index is -3.02. The topological polar surface area (TPSA) is 149 Å². The highest BCUT2D eigenvalue weighted by atomic mass is 19.3. The molecule has 2 fully saturated rings. The van der Waals surface area contributed by atoms with Crippen molar-refractivity contribution >= 4 is 17.8 Å². The summed E-state index contributed by atoms with van der Waals surface area (Å²) < 4.78 is 36.6. The molecule has 194 valence electrons. The van der Waals surface area contributed by atoms with Gasteiger partial charge in [-0.1, -0.05) is 6.42 Å². The van der Waals surface area contributed by atoms with E-state index in [0.29, 0.717) is 23.4 Å². The molecule has 0 aliphatic carbocycles. The minimum absolute atomic E-state index is 0.000569. The van der Waals surface area contributed by atoms with E-state index >= 15 is 0 Å². The van der Waals surface area contributed by atoms with Crippen molar-refractivity contribution in [2.75, 3.05) is 44.2 Å². The van der Waals surface area contributed by atoms with E-state index in [9.17, 15) is 18.4 Å². The summed E-state index contributed by atoms with van der Waals surface area (Å²) in [6.07, 6.45) is 6.45. The van der Waals surface area contributed by atoms with Gasteiger partial charge < -0.3 is 24.6 Å². The van der Waals surface area contributed by atoms with Crippen LogP contribution in [0.4, 0.5) is 14.6 Å². The molecule has 3 aromatic rings. The van der Waals surface area contributed by atoms with E-state index in [1.54, 1.807) is 12.3 Å². The zero-order valence-corrected chi connectivity index (χ0v) is 19.4. The number of nitrogens with zero attached hydrogens (tertiary/aromatic N) is 5. The third-order valence-electron chi connectivity index (χ3n) is 6.25. The van der Waals surface area contributed by atoms with Gasteiger partial charge >= 0.3 is 5.69 Å². The Morgan fingerprint density at radius 2 is 2.00 bits per heavy atom. The summed E-state index contributed by atoms with van der Waals surface area (Å²) in [7, 11) is 0. The van der Waals surface area contributed by atoms with Gasteiger partial charge in [0.15, 0.2) is 5.82 Å². The predicted molar refractivity (Wildman–Crippen MR) is 126 cm³/mol. The van der Waals surface area contributed by atoms with E-state index in [1.807, 2.05) is 0 Å². The highest BCUT2D eigenvalue weighted by Gasteiger charge is 2.49. The van der Waals surface area contributed by atoms with Crippen LogP contribution in [0.25, 0.3) is 16.6 Å². The summed E-state index contributed by atoms with van der Waals surface area (Å²) in [6.45, 7) is 2.12. The van der Waals surface area contributed by atoms with Crippen LogP contribution in [-0.4, -0.2) is 92.4 Å². The number of piperidine rings is 1. The molecule has 0 saturated carbocycles. The van der Waals surface area contributed by atoms with Gasteiger partial charge in [0.2, 0.25) is 0 Å². The predicted octanol–water partition coefficient (Wildman–Crippen LogP) is 0.800. The fraction of sp³-hybridized carbons (Fsp3) is 0.500. The summed E-state index contributed by atoms with van der Waals surface area (Å²) in [5, 5.41) is 11.0. The molecule has 1 atom stereocenters. The van der Waals surface area contributed by atoms with Gasteiger partial charge in [-0.05, 0) is 32.0 Å². The number of aromatic nitrogens is 5. The van der Waals surface area contributed by atoms with E-state index in [-0.39, 0.29) is 25.2 Å². The molecule has 12 nitrogen and oxygen atoms in total. The van der Waals surface area contributed by atoms with Crippen molar-refractivity contribution in [3.05, 3.63) is 45.6 Å². The van der Waals surface area contributed by atoms with Crippen LogP contribution in [-0.2, 0) is 9.53 Å². The van der Waals surface area contributed by atoms with Crippen LogP contribution in [0.5, 0.6) is 0 Å². The van der Waals surface area contributed by atoms with Gasteiger partial charge in [-0.2, -0.15) is 5.10 Å². The fourth-order valence-corrected chi connectivity index (χ4v) is 4.53. The quantitative estimate of drug-likeness (QED) is 0.412. The lowest BCUT2D eigenvalue weighted by molar-refractivity contribution is -0.122. The lowest BCUT2D eigenvalue weighted by atomic mass is 10.1. The number of hydrogen-bond acceptors (Lipinski definition) is 8. The van der Waals surface area contributed by atoms with Gasteiger partial charge in [0, 0.05) is 24.5 Å². The number of ether oxygens (including phenoxy) is 1. The SMILES string of the molecule is O=CO.O=c1[nH]cc(-c2cc3c(N4CC(OCCN5CCCCC5)C(F)(F)C4)ncnn3c2)c(=O)[nH]1. The first kappa shape index (κ1) is 25.4. The van der Waals surface area contributed by atoms with Gasteiger partial charge in [0.1, 0.15) is 17.9 Å². The molecule has 2 aliphatic heterocycles. The molecule has 0 radical (unpaired) electrons. The second kappa shape index (κ2) is 11.0. The number of carbonyl (C=O) groups is 1. The molecule has 3 N–H and O–H groups in total. The zero-order valence-electron chi connectivity index (χ0n) is 19.4. The minimum Gasteiger partial charge on any atom is -0.483 e. The Kier molecular flexibility index (Phi) is 7.74. The second-order valence-corrected chi connectivity index (χ2v) is 8.64. The first-order valence-electron chi connectivity index (χ1n) is 11.5. The second-order valence-electron chi connectivity index (χ2n) is 8.64. The average Bonchev–Trinajstić information content (AvgIpc) is 3.40. The van der Waals surface area contributed by atoms with Gasteiger partial charge in [0.25, 0.3) is 18.0 Å². The maximum Gasteiger partial charge on any atom is 0.325 e. The first-order chi connectivity index (χ1) is 17.3. The number of alkyl halides is 2. The Hall–Kier alpha value is -3.65. The van der Waals surface area contributed by atoms with Crippen LogP contribution >= 0.6 is 0 Å². The molecule has 2 saturated heterocycles. The molecular weight excluding hydrogens is 480 g/mol. The molecule has 14 heteroatoms. The number of nitrogens with one attached hydrogen (secondary N) is 2. The van der Waals surface area contributed by atoms with Crippen molar-refractivity contribution in [1.29, 1.82) is 0 Å². The fourth-order valence-electron chi connectivity index (χ4n) is 4.53. The van der Waals surface area contributed by atoms with E-state index in [1.165, 1.54) is 28.4 Å². The smallest absolute Gasteiger partial charge is 0.325 e. The number of carboxylic acid groups (broad SMARTS) is 1. The Labute approximate surface area is 203 Å². The number of H-pyrrole nitrogens is 2. The molecule has 5 rings (SSSR count). The van der Waals surface area contributed by atoms with Crippen LogP contribution in [0.15, 0.2) is 34.4 Å². The Balaban J connectivity index is 0.000000967. The number of aromatic amines is 2. The monoisotopic (exact) mass is 507 g/mol. The van der Waals surface area contributed by atoms with Crippen molar-refractivity contribution in [2.45, 2.75) is 31.3 Å². The van der Waals surface area contributed by atoms with Crippen molar-refractivity contribution < 1.29 is 23.4 Å². The van der Waals surface area contributed by atoms with Crippen molar-refractivity contribution in [2.24, 2.45) is 0 Å². The molecule has 0 amide bonds. The summed E-state index contributed by atoms with van der Waals surface area (Å²) in [4.78, 5) is 44.4. The van der Waals surface area contributed by atoms with Crippen LogP contribution in [0.2, 0.25) is 0 Å². The number of fused-ring (bicyclic) bond motifs is 1. The lowest BCUT2D eigenvalue weighted by Crippen LogP contribution is -2.38. The maximum atomic E-state index is 14.8. The standard InChI is InChI=1S/C21H25F2N7O3.CH2O2/c22-21(23)12-29(11-17(21)33-7-6-28-4-2-1-3-5-28)18-16-8-14(10-30(16)26-13-25-18)15-9-24-20(32)27-19(15)31;2-1-3/h8-10,13,17H,1-7,11-12H2,(H2,24,27,31,32);1H,(H,2,3). The van der Waals surface area contributed by atoms with Crippen molar-refractivity contribution in [3.63, 3.8) is 0 Å². The molecule has 0 aromatic carbocycles. The number of rotatable bonds is 6. The molecular formula is C22H27F2N7O5. The number of halogens is 2. The molecule has 3 aromatic heterocycles. The van der Waals surface area contributed by atoms with Crippen molar-refractivity contribution in [3.8, 4) is 11.1 Å². The van der Waals surface area contributed by atoms with E-state index in [4.69, 9.17) is 14.6 Å². The molecule has 0 bridgehead atoms. The lowest BCUT2D eigenvalue weighted by Gasteiger charge is -2.27. The summed E-state index contributed by atoms with van der Waals surface area (Å²) >= 11 is 0.